The summed E-state index contributed by atoms with van der Waals surface area (Å²) in [6, 6.07) is 8.01. The molecule has 174 valence electrons. The number of nitrogens with one attached hydrogen (secondary N) is 1. The molecule has 2 aromatic rings. The van der Waals surface area contributed by atoms with E-state index in [1.807, 2.05) is 17.0 Å². The van der Waals surface area contributed by atoms with Gasteiger partial charge < -0.3 is 25.0 Å². The van der Waals surface area contributed by atoms with Crippen molar-refractivity contribution in [3.05, 3.63) is 30.2 Å². The number of anilines is 1. The number of carbonyl (C=O) groups is 1. The first-order valence-corrected chi connectivity index (χ1v) is 11.0. The zero-order valence-electron chi connectivity index (χ0n) is 18.7. The van der Waals surface area contributed by atoms with E-state index >= 15 is 0 Å². The maximum absolute atomic E-state index is 12.3. The van der Waals surface area contributed by atoms with Gasteiger partial charge in [-0.25, -0.2) is 0 Å². The normalized spacial score (nSPS) is 18.7. The van der Waals surface area contributed by atoms with Crippen LogP contribution in [0.4, 0.5) is 5.69 Å². The molecule has 0 unspecified atom stereocenters. The molecule has 3 heterocycles. The Morgan fingerprint density at radius 2 is 1.88 bits per heavy atom. The van der Waals surface area contributed by atoms with E-state index in [9.17, 15) is 4.79 Å². The van der Waals surface area contributed by atoms with Gasteiger partial charge in [-0.1, -0.05) is 19.0 Å². The molecule has 0 radical (unpaired) electrons. The van der Waals surface area contributed by atoms with Crippen molar-refractivity contribution in [1.29, 1.82) is 5.41 Å². The molecule has 2 aliphatic heterocycles. The summed E-state index contributed by atoms with van der Waals surface area (Å²) in [5, 5.41) is 11.9. The lowest BCUT2D eigenvalue weighted by Crippen LogP contribution is -2.49. The van der Waals surface area contributed by atoms with Crippen molar-refractivity contribution in [2.45, 2.75) is 39.2 Å². The van der Waals surface area contributed by atoms with Crippen LogP contribution in [0.15, 0.2) is 28.8 Å². The van der Waals surface area contributed by atoms with E-state index in [0.29, 0.717) is 24.1 Å². The number of aromatic nitrogens is 2. The lowest BCUT2D eigenvalue weighted by atomic mass is 10.1. The minimum absolute atomic E-state index is 0. The van der Waals surface area contributed by atoms with Crippen molar-refractivity contribution in [3.63, 3.8) is 0 Å². The smallest absolute Gasteiger partial charge is 0.249 e. The lowest BCUT2D eigenvalue weighted by Gasteiger charge is -2.36. The fourth-order valence-electron chi connectivity index (χ4n) is 4.31. The molecular formula is C22H32ClN7O2. The van der Waals surface area contributed by atoms with Gasteiger partial charge in [-0.15, -0.1) is 12.4 Å². The van der Waals surface area contributed by atoms with Crippen molar-refractivity contribution in [1.82, 2.24) is 19.9 Å². The van der Waals surface area contributed by atoms with Crippen molar-refractivity contribution >= 4 is 30.0 Å². The molecule has 1 aromatic heterocycles. The molecule has 1 aromatic carbocycles. The summed E-state index contributed by atoms with van der Waals surface area (Å²) >= 11 is 0. The second-order valence-electron chi connectivity index (χ2n) is 8.71. The number of nitrogens with two attached hydrogens (primary N) is 1. The third-order valence-electron chi connectivity index (χ3n) is 5.99. The molecule has 0 bridgehead atoms. The van der Waals surface area contributed by atoms with E-state index in [4.69, 9.17) is 15.7 Å². The number of piperazine rings is 1. The predicted octanol–water partition coefficient (Wildman–Crippen LogP) is 2.88. The number of amides is 1. The number of benzene rings is 1. The standard InChI is InChI=1S/C22H31N7O2.ClH/c1-15(2)14-19(30)28-12-10-27(11-13-28)17-7-5-16(6-8-17)20-25-21(31-26-20)18-4-3-9-29(18)22(23)24;/h5-8,15,18H,3-4,9-14H2,1-2H3,(H3,23,24);1H/t18-;/m0./s1. The van der Waals surface area contributed by atoms with E-state index in [1.54, 1.807) is 4.90 Å². The second-order valence-corrected chi connectivity index (χ2v) is 8.71. The van der Waals surface area contributed by atoms with Crippen LogP contribution in [-0.2, 0) is 4.79 Å². The van der Waals surface area contributed by atoms with E-state index in [0.717, 1.165) is 56.8 Å². The Hall–Kier alpha value is -2.81. The highest BCUT2D eigenvalue weighted by Crippen LogP contribution is 2.31. The van der Waals surface area contributed by atoms with Gasteiger partial charge in [0.25, 0.3) is 0 Å². The number of halogens is 1. The molecule has 32 heavy (non-hydrogen) atoms. The first-order valence-electron chi connectivity index (χ1n) is 11.0. The summed E-state index contributed by atoms with van der Waals surface area (Å²) in [5.41, 5.74) is 7.68. The number of nitrogens with zero attached hydrogens (tertiary/aromatic N) is 5. The van der Waals surface area contributed by atoms with Crippen LogP contribution in [0.3, 0.4) is 0 Å². The van der Waals surface area contributed by atoms with Crippen LogP contribution in [0.25, 0.3) is 11.4 Å². The second kappa shape index (κ2) is 10.2. The van der Waals surface area contributed by atoms with Gasteiger partial charge in [-0.05, 0) is 43.0 Å². The van der Waals surface area contributed by atoms with Crippen LogP contribution < -0.4 is 10.6 Å². The molecule has 0 saturated carbocycles. The van der Waals surface area contributed by atoms with Gasteiger partial charge in [0.1, 0.15) is 6.04 Å². The van der Waals surface area contributed by atoms with Crippen molar-refractivity contribution in [2.24, 2.45) is 11.7 Å². The molecule has 1 amide bonds. The third kappa shape index (κ3) is 5.15. The Bertz CT molecular complexity index is 923. The molecule has 3 N–H and O–H groups in total. The molecule has 0 aliphatic carbocycles. The molecule has 2 saturated heterocycles. The molecule has 9 nitrogen and oxygen atoms in total. The maximum atomic E-state index is 12.3. The minimum atomic E-state index is -0.118. The summed E-state index contributed by atoms with van der Waals surface area (Å²) in [6.45, 7) is 8.08. The Morgan fingerprint density at radius 1 is 1.19 bits per heavy atom. The quantitative estimate of drug-likeness (QED) is 0.519. The van der Waals surface area contributed by atoms with Crippen LogP contribution in [-0.4, -0.2) is 64.5 Å². The predicted molar refractivity (Wildman–Crippen MR) is 126 cm³/mol. The van der Waals surface area contributed by atoms with Gasteiger partial charge in [-0.2, -0.15) is 4.98 Å². The van der Waals surface area contributed by atoms with Crippen LogP contribution in [0.5, 0.6) is 0 Å². The summed E-state index contributed by atoms with van der Waals surface area (Å²) in [4.78, 5) is 22.9. The number of rotatable bonds is 5. The average molecular weight is 462 g/mol. The minimum Gasteiger partial charge on any atom is -0.370 e. The fourth-order valence-corrected chi connectivity index (χ4v) is 4.31. The zero-order valence-corrected chi connectivity index (χ0v) is 19.5. The van der Waals surface area contributed by atoms with Gasteiger partial charge in [-0.3, -0.25) is 10.2 Å². The van der Waals surface area contributed by atoms with Gasteiger partial charge in [0, 0.05) is 50.4 Å². The summed E-state index contributed by atoms with van der Waals surface area (Å²) in [6.07, 6.45) is 2.42. The molecule has 10 heteroatoms. The monoisotopic (exact) mass is 461 g/mol. The summed E-state index contributed by atoms with van der Waals surface area (Å²) in [7, 11) is 0. The summed E-state index contributed by atoms with van der Waals surface area (Å²) in [5.74, 6) is 1.74. The van der Waals surface area contributed by atoms with Crippen LogP contribution in [0.2, 0.25) is 0 Å². The van der Waals surface area contributed by atoms with Crippen LogP contribution in [0, 0.1) is 11.3 Å². The fraction of sp³-hybridized carbons (Fsp3) is 0.545. The third-order valence-corrected chi connectivity index (χ3v) is 5.99. The van der Waals surface area contributed by atoms with E-state index in [2.05, 4.69) is 41.0 Å². The van der Waals surface area contributed by atoms with Crippen molar-refractivity contribution in [2.75, 3.05) is 37.6 Å². The van der Waals surface area contributed by atoms with E-state index < -0.39 is 0 Å². The van der Waals surface area contributed by atoms with Gasteiger partial charge in [0.15, 0.2) is 5.96 Å². The molecule has 4 rings (SSSR count). The molecule has 2 aliphatic rings. The lowest BCUT2D eigenvalue weighted by molar-refractivity contribution is -0.132. The molecule has 1 atom stereocenters. The van der Waals surface area contributed by atoms with Gasteiger partial charge >= 0.3 is 0 Å². The first-order chi connectivity index (χ1) is 14.9. The van der Waals surface area contributed by atoms with Gasteiger partial charge in [0.05, 0.1) is 0 Å². The molecule has 2 fully saturated rings. The van der Waals surface area contributed by atoms with Gasteiger partial charge in [0.2, 0.25) is 17.6 Å². The highest BCUT2D eigenvalue weighted by molar-refractivity contribution is 5.85. The molecule has 0 spiro atoms. The summed E-state index contributed by atoms with van der Waals surface area (Å²) < 4.78 is 5.49. The topological polar surface area (TPSA) is 116 Å². The Morgan fingerprint density at radius 3 is 2.50 bits per heavy atom. The Balaban J connectivity index is 0.00000289. The van der Waals surface area contributed by atoms with E-state index in [1.165, 1.54) is 0 Å². The Kier molecular flexibility index (Phi) is 7.60. The highest BCUT2D eigenvalue weighted by atomic mass is 35.5. The zero-order chi connectivity index (χ0) is 22.0. The number of hydrogen-bond donors (Lipinski definition) is 2. The molecular weight excluding hydrogens is 430 g/mol. The van der Waals surface area contributed by atoms with Crippen molar-refractivity contribution in [3.8, 4) is 11.4 Å². The van der Waals surface area contributed by atoms with Crippen LogP contribution >= 0.6 is 12.4 Å². The average Bonchev–Trinajstić information content (AvgIpc) is 3.43. The first kappa shape index (κ1) is 23.8. The number of carbonyl (C=O) groups excluding carboxylic acids is 1. The van der Waals surface area contributed by atoms with Crippen molar-refractivity contribution < 1.29 is 9.32 Å². The van der Waals surface area contributed by atoms with Crippen LogP contribution in [0.1, 0.15) is 45.0 Å². The number of hydrogen-bond acceptors (Lipinski definition) is 6. The highest BCUT2D eigenvalue weighted by Gasteiger charge is 2.31. The number of likely N-dealkylation sites (tertiary alicyclic amines) is 1. The number of guanidine groups is 1. The Labute approximate surface area is 194 Å². The SMILES string of the molecule is CC(C)CC(=O)N1CCN(c2ccc(-c3noc([C@@H]4CCCN4C(=N)N)n3)cc2)CC1.Cl. The van der Waals surface area contributed by atoms with E-state index in [-0.39, 0.29) is 30.3 Å². The largest absolute Gasteiger partial charge is 0.370 e. The maximum Gasteiger partial charge on any atom is 0.249 e.